The number of nitrogens with zero attached hydrogens (tertiary/aromatic N) is 1. The van der Waals surface area contributed by atoms with E-state index in [1.807, 2.05) is 86.9 Å². The molecule has 0 amide bonds. The van der Waals surface area contributed by atoms with Gasteiger partial charge in [-0.25, -0.2) is 0 Å². The van der Waals surface area contributed by atoms with Crippen molar-refractivity contribution < 1.29 is 28.5 Å². The van der Waals surface area contributed by atoms with Crippen molar-refractivity contribution in [2.75, 3.05) is 19.0 Å². The maximum Gasteiger partial charge on any atom is 0.257 e. The van der Waals surface area contributed by atoms with Crippen molar-refractivity contribution in [3.05, 3.63) is 210 Å². The van der Waals surface area contributed by atoms with E-state index in [2.05, 4.69) is 83.8 Å². The van der Waals surface area contributed by atoms with E-state index in [-0.39, 0.29) is 0 Å². The van der Waals surface area contributed by atoms with Crippen LogP contribution < -0.4 is 18.9 Å². The lowest BCUT2D eigenvalue weighted by Gasteiger charge is -2.36. The van der Waals surface area contributed by atoms with Crippen LogP contribution in [-0.2, 0) is 9.70 Å². The van der Waals surface area contributed by atoms with Crippen LogP contribution in [0.4, 0.5) is 5.69 Å². The van der Waals surface area contributed by atoms with Crippen molar-refractivity contribution >= 4 is 17.3 Å². The van der Waals surface area contributed by atoms with Gasteiger partial charge in [-0.15, -0.1) is 0 Å². The van der Waals surface area contributed by atoms with Gasteiger partial charge < -0.3 is 4.90 Å². The molecule has 0 aromatic heterocycles. The summed E-state index contributed by atoms with van der Waals surface area (Å²) in [6.07, 6.45) is 12.6. The number of halogens is 1. The molecule has 2 unspecified atom stereocenters. The molecular weight excluding hydrogens is 618 g/mol. The second kappa shape index (κ2) is 16.2. The van der Waals surface area contributed by atoms with Crippen molar-refractivity contribution in [3.63, 3.8) is 0 Å². The van der Waals surface area contributed by atoms with Crippen LogP contribution in [0.25, 0.3) is 11.6 Å². The van der Waals surface area contributed by atoms with E-state index in [0.717, 1.165) is 33.5 Å². The van der Waals surface area contributed by atoms with E-state index in [1.54, 1.807) is 36.4 Å². The lowest BCUT2D eigenvalue weighted by Crippen LogP contribution is -2.61. The summed E-state index contributed by atoms with van der Waals surface area (Å²) in [6, 6.07) is 47.8. The zero-order valence-corrected chi connectivity index (χ0v) is 27.7. The van der Waals surface area contributed by atoms with Crippen LogP contribution in [0.1, 0.15) is 33.9 Å². The fourth-order valence-corrected chi connectivity index (χ4v) is 6.09. The van der Waals surface area contributed by atoms with Crippen LogP contribution in [0.2, 0.25) is 0 Å². The van der Waals surface area contributed by atoms with Crippen LogP contribution in [0.3, 0.4) is 0 Å². The number of hydrogen-bond donors (Lipinski definition) is 0. The Hall–Kier alpha value is -5.01. The Kier molecular flexibility index (Phi) is 11.6. The van der Waals surface area contributed by atoms with Crippen LogP contribution >= 0.6 is 0 Å². The summed E-state index contributed by atoms with van der Waals surface area (Å²) < 4.78 is 40.1. The van der Waals surface area contributed by atoms with Crippen LogP contribution in [0.5, 0.6) is 0 Å². The van der Waals surface area contributed by atoms with Crippen molar-refractivity contribution in [3.8, 4) is 0 Å². The highest BCUT2D eigenvalue weighted by molar-refractivity contribution is 5.83. The molecule has 0 aliphatic carbocycles. The van der Waals surface area contributed by atoms with E-state index >= 15 is 0 Å². The molecule has 2 atom stereocenters. The lowest BCUT2D eigenvalue weighted by atomic mass is 9.66. The standard InChI is InChI=1S/C42H38ClNO4/c1-44(2)39-31-29-38(30-32-39)42(37-25-13-6-14-26-37,33-16-15-20-34-18-7-3-8-19-34)40(35-21-9-4-10-22-35)27-17-28-41(48-43(45,46)47)36-23-11-5-12-24-36/h3-33,41H,1-2H3. The molecule has 5 rings (SSSR count). The quantitative estimate of drug-likeness (QED) is 0.134. The third-order valence-electron chi connectivity index (χ3n) is 8.01. The molecule has 0 N–H and O–H groups in total. The van der Waals surface area contributed by atoms with Gasteiger partial charge in [0.25, 0.3) is 6.10 Å². The smallest absolute Gasteiger partial charge is 0.257 e. The Morgan fingerprint density at radius 3 is 1.77 bits per heavy atom. The van der Waals surface area contributed by atoms with Gasteiger partial charge in [0, 0.05) is 25.3 Å². The van der Waals surface area contributed by atoms with E-state index in [4.69, 9.17) is 4.29 Å². The van der Waals surface area contributed by atoms with Gasteiger partial charge in [-0.1, -0.05) is 170 Å². The molecule has 0 bridgehead atoms. The highest BCUT2D eigenvalue weighted by Gasteiger charge is 2.36. The molecule has 0 radical (unpaired) electrons. The summed E-state index contributed by atoms with van der Waals surface area (Å²) >= 11 is 0. The molecule has 0 fully saturated rings. The van der Waals surface area contributed by atoms with Crippen molar-refractivity contribution in [2.45, 2.75) is 11.5 Å². The molecule has 5 aromatic carbocycles. The number of anilines is 1. The Bertz CT molecular complexity index is 1830. The largest absolute Gasteiger partial charge is 0.378 e. The molecule has 5 aromatic rings. The van der Waals surface area contributed by atoms with Gasteiger partial charge in [0.2, 0.25) is 0 Å². The number of benzene rings is 5. The van der Waals surface area contributed by atoms with Gasteiger partial charge in [-0.3, -0.25) is 0 Å². The Balaban J connectivity index is 1.74. The fraction of sp³-hybridized carbons (Fsp3) is 0.0952. The molecule has 6 heteroatoms. The molecule has 5 nitrogen and oxygen atoms in total. The van der Waals surface area contributed by atoms with Crippen LogP contribution in [0, 0.1) is 10.2 Å². The zero-order chi connectivity index (χ0) is 33.8. The predicted octanol–water partition coefficient (Wildman–Crippen LogP) is 6.60. The second-order valence-electron chi connectivity index (χ2n) is 11.4. The minimum Gasteiger partial charge on any atom is -0.378 e. The van der Waals surface area contributed by atoms with E-state index < -0.39 is 21.8 Å². The highest BCUT2D eigenvalue weighted by atomic mass is 35.7. The van der Waals surface area contributed by atoms with Gasteiger partial charge in [0.1, 0.15) is 0 Å². The van der Waals surface area contributed by atoms with Gasteiger partial charge in [0.05, 0.1) is 19.9 Å². The minimum absolute atomic E-state index is 0.537. The van der Waals surface area contributed by atoms with Crippen LogP contribution in [-0.4, -0.2) is 14.1 Å². The van der Waals surface area contributed by atoms with Crippen molar-refractivity contribution in [1.29, 1.82) is 0 Å². The first-order chi connectivity index (χ1) is 23.3. The molecule has 242 valence electrons. The Morgan fingerprint density at radius 2 is 1.19 bits per heavy atom. The third-order valence-corrected chi connectivity index (χ3v) is 8.42. The SMILES string of the molecule is CN(C)c1ccc(C(C=CC=Cc2ccccc2)(C(=CC=CC(O[Cl+3]([O-])([O-])[O-])c2ccccc2)c2ccccc2)c2ccccc2)cc1. The second-order valence-corrected chi connectivity index (χ2v) is 12.3. The van der Waals surface area contributed by atoms with Crippen LogP contribution in [0.15, 0.2) is 182 Å². The van der Waals surface area contributed by atoms with Crippen molar-refractivity contribution in [1.82, 2.24) is 0 Å². The molecule has 0 heterocycles. The number of hydrogen-bond acceptors (Lipinski definition) is 5. The van der Waals surface area contributed by atoms with Gasteiger partial charge in [-0.2, -0.15) is 14.0 Å². The summed E-state index contributed by atoms with van der Waals surface area (Å²) in [7, 11) is -0.647. The average molecular weight is 656 g/mol. The minimum atomic E-state index is -4.68. The summed E-state index contributed by atoms with van der Waals surface area (Å²) in [5.41, 5.74) is 5.85. The summed E-state index contributed by atoms with van der Waals surface area (Å²) in [4.78, 5) is 2.07. The predicted molar refractivity (Wildman–Crippen MR) is 186 cm³/mol. The molecule has 0 aliphatic heterocycles. The topological polar surface area (TPSA) is 81.7 Å². The highest BCUT2D eigenvalue weighted by Crippen LogP contribution is 2.46. The number of allylic oxidation sites excluding steroid dienone is 6. The van der Waals surface area contributed by atoms with E-state index in [9.17, 15) is 14.0 Å². The molecule has 0 spiro atoms. The van der Waals surface area contributed by atoms with Crippen molar-refractivity contribution in [2.24, 2.45) is 0 Å². The molecule has 0 aliphatic rings. The molecular formula is C42H38ClNO4. The summed E-state index contributed by atoms with van der Waals surface area (Å²) in [5, 5.41) is 0. The lowest BCUT2D eigenvalue weighted by molar-refractivity contribution is -1.92. The first-order valence-electron chi connectivity index (χ1n) is 15.6. The molecule has 0 saturated heterocycles. The Morgan fingerprint density at radius 1 is 0.646 bits per heavy atom. The third kappa shape index (κ3) is 8.87. The van der Waals surface area contributed by atoms with Gasteiger partial charge >= 0.3 is 0 Å². The monoisotopic (exact) mass is 655 g/mol. The zero-order valence-electron chi connectivity index (χ0n) is 26.9. The molecule has 0 saturated carbocycles. The maximum absolute atomic E-state index is 11.7. The van der Waals surface area contributed by atoms with Gasteiger partial charge in [0.15, 0.2) is 0 Å². The average Bonchev–Trinajstić information content (AvgIpc) is 3.11. The maximum atomic E-state index is 11.7. The first kappa shape index (κ1) is 34.3. The van der Waals surface area contributed by atoms with E-state index in [0.29, 0.717) is 5.56 Å². The summed E-state index contributed by atoms with van der Waals surface area (Å²) in [5.74, 6) is 0. The van der Waals surface area contributed by atoms with E-state index in [1.165, 1.54) is 0 Å². The summed E-state index contributed by atoms with van der Waals surface area (Å²) in [6.45, 7) is 0. The first-order valence-corrected chi connectivity index (χ1v) is 16.8. The Labute approximate surface area is 285 Å². The normalized spacial score (nSPS) is 14.4. The number of rotatable bonds is 13. The fourth-order valence-electron chi connectivity index (χ4n) is 5.69. The molecule has 48 heavy (non-hydrogen) atoms. The van der Waals surface area contributed by atoms with Gasteiger partial charge in [-0.05, 0) is 46.0 Å².